The number of hydrogen-bond acceptors (Lipinski definition) is 3. The standard InChI is InChI=1S/C14H27NO2S/c1-8(6-9(2)18)14(17)15-12(5)10(3)11(4)13(15)7-16/h8-13,16,18H,6-7H2,1-5H3/t8-,9?,10?,11?,12?,13-/m1/s1. The Morgan fingerprint density at radius 2 is 1.83 bits per heavy atom. The van der Waals surface area contributed by atoms with Gasteiger partial charge in [-0.15, -0.1) is 0 Å². The fourth-order valence-corrected chi connectivity index (χ4v) is 3.40. The van der Waals surface area contributed by atoms with Gasteiger partial charge in [-0.1, -0.05) is 27.7 Å². The van der Waals surface area contributed by atoms with Crippen molar-refractivity contribution in [2.75, 3.05) is 6.61 Å². The van der Waals surface area contributed by atoms with Crippen molar-refractivity contribution in [3.8, 4) is 0 Å². The summed E-state index contributed by atoms with van der Waals surface area (Å²) in [5.74, 6) is 0.937. The zero-order valence-corrected chi connectivity index (χ0v) is 13.0. The van der Waals surface area contributed by atoms with Crippen LogP contribution >= 0.6 is 12.6 Å². The lowest BCUT2D eigenvalue weighted by Crippen LogP contribution is -2.46. The zero-order valence-electron chi connectivity index (χ0n) is 12.1. The Labute approximate surface area is 116 Å². The van der Waals surface area contributed by atoms with Crippen LogP contribution in [0.4, 0.5) is 0 Å². The largest absolute Gasteiger partial charge is 0.394 e. The quantitative estimate of drug-likeness (QED) is 0.771. The average molecular weight is 273 g/mol. The lowest BCUT2D eigenvalue weighted by Gasteiger charge is -2.31. The van der Waals surface area contributed by atoms with Crippen molar-refractivity contribution in [3.05, 3.63) is 0 Å². The van der Waals surface area contributed by atoms with E-state index in [0.29, 0.717) is 11.8 Å². The van der Waals surface area contributed by atoms with Crippen molar-refractivity contribution in [1.29, 1.82) is 0 Å². The highest BCUT2D eigenvalue weighted by atomic mass is 32.1. The summed E-state index contributed by atoms with van der Waals surface area (Å²) in [7, 11) is 0. The molecule has 4 heteroatoms. The van der Waals surface area contributed by atoms with Crippen molar-refractivity contribution in [1.82, 2.24) is 4.90 Å². The van der Waals surface area contributed by atoms with E-state index in [2.05, 4.69) is 33.4 Å². The van der Waals surface area contributed by atoms with Gasteiger partial charge in [0.05, 0.1) is 12.6 Å². The predicted octanol–water partition coefficient (Wildman–Crippen LogP) is 2.19. The smallest absolute Gasteiger partial charge is 0.226 e. The van der Waals surface area contributed by atoms with Crippen LogP contribution in [0.15, 0.2) is 0 Å². The molecule has 0 aromatic carbocycles. The van der Waals surface area contributed by atoms with Crippen molar-refractivity contribution in [3.63, 3.8) is 0 Å². The molecule has 4 unspecified atom stereocenters. The molecule has 0 spiro atoms. The molecule has 1 amide bonds. The maximum absolute atomic E-state index is 12.5. The Kier molecular flexibility index (Phi) is 5.53. The number of thiol groups is 1. The first-order valence-electron chi connectivity index (χ1n) is 6.92. The number of carbonyl (C=O) groups is 1. The van der Waals surface area contributed by atoms with Gasteiger partial charge in [-0.2, -0.15) is 12.6 Å². The minimum absolute atomic E-state index is 0.0218. The molecule has 1 aliphatic heterocycles. The molecule has 6 atom stereocenters. The first kappa shape index (κ1) is 15.8. The number of aliphatic hydroxyl groups is 1. The Bertz CT molecular complexity index is 296. The number of likely N-dealkylation sites (tertiary alicyclic amines) is 1. The molecule has 0 aromatic heterocycles. The van der Waals surface area contributed by atoms with E-state index in [1.165, 1.54) is 0 Å². The number of hydrogen-bond donors (Lipinski definition) is 2. The summed E-state index contributed by atoms with van der Waals surface area (Å²) in [5, 5.41) is 9.77. The Morgan fingerprint density at radius 3 is 2.28 bits per heavy atom. The number of rotatable bonds is 4. The molecule has 3 nitrogen and oxygen atoms in total. The van der Waals surface area contributed by atoms with Gasteiger partial charge in [-0.3, -0.25) is 4.79 Å². The lowest BCUT2D eigenvalue weighted by atomic mass is 9.91. The second kappa shape index (κ2) is 6.29. The van der Waals surface area contributed by atoms with Gasteiger partial charge in [0.1, 0.15) is 0 Å². The van der Waals surface area contributed by atoms with Crippen molar-refractivity contribution in [2.45, 2.75) is 58.4 Å². The van der Waals surface area contributed by atoms with Gasteiger partial charge in [-0.25, -0.2) is 0 Å². The molecule has 0 radical (unpaired) electrons. The molecule has 0 saturated carbocycles. The van der Waals surface area contributed by atoms with Crippen LogP contribution in [0.1, 0.15) is 41.0 Å². The monoisotopic (exact) mass is 273 g/mol. The highest BCUT2D eigenvalue weighted by Crippen LogP contribution is 2.36. The second-order valence-corrected chi connectivity index (χ2v) is 6.82. The molecule has 1 rings (SSSR count). The summed E-state index contributed by atoms with van der Waals surface area (Å²) in [6, 6.07) is 0.183. The second-order valence-electron chi connectivity index (χ2n) is 5.94. The van der Waals surface area contributed by atoms with Gasteiger partial charge >= 0.3 is 0 Å². The third kappa shape index (κ3) is 3.02. The number of aliphatic hydroxyl groups excluding tert-OH is 1. The number of carbonyl (C=O) groups excluding carboxylic acids is 1. The molecule has 1 aliphatic rings. The Hall–Kier alpha value is -0.220. The lowest BCUT2D eigenvalue weighted by molar-refractivity contribution is -0.139. The maximum Gasteiger partial charge on any atom is 0.226 e. The van der Waals surface area contributed by atoms with Crippen LogP contribution in [0.5, 0.6) is 0 Å². The highest BCUT2D eigenvalue weighted by Gasteiger charge is 2.44. The van der Waals surface area contributed by atoms with E-state index in [9.17, 15) is 9.90 Å². The molecule has 1 N–H and O–H groups in total. The van der Waals surface area contributed by atoms with E-state index in [4.69, 9.17) is 0 Å². The molecule has 1 saturated heterocycles. The fraction of sp³-hybridized carbons (Fsp3) is 0.929. The van der Waals surface area contributed by atoms with Gasteiger partial charge in [0.2, 0.25) is 5.91 Å². The van der Waals surface area contributed by atoms with Crippen LogP contribution in [0, 0.1) is 17.8 Å². The topological polar surface area (TPSA) is 40.5 Å². The van der Waals surface area contributed by atoms with Crippen molar-refractivity contribution in [2.24, 2.45) is 17.8 Å². The summed E-state index contributed by atoms with van der Waals surface area (Å²) in [6.45, 7) is 10.4. The Morgan fingerprint density at radius 1 is 1.28 bits per heavy atom. The minimum Gasteiger partial charge on any atom is -0.394 e. The van der Waals surface area contributed by atoms with Gasteiger partial charge in [0, 0.05) is 12.0 Å². The third-order valence-electron chi connectivity index (χ3n) is 4.55. The van der Waals surface area contributed by atoms with Crippen molar-refractivity contribution < 1.29 is 9.90 Å². The number of amides is 1. The maximum atomic E-state index is 12.5. The summed E-state index contributed by atoms with van der Waals surface area (Å²) in [4.78, 5) is 14.4. The van der Waals surface area contributed by atoms with E-state index in [-0.39, 0.29) is 35.8 Å². The van der Waals surface area contributed by atoms with Crippen LogP contribution in [0.3, 0.4) is 0 Å². The summed E-state index contributed by atoms with van der Waals surface area (Å²) < 4.78 is 0. The van der Waals surface area contributed by atoms with Crippen LogP contribution in [0.25, 0.3) is 0 Å². The molecular weight excluding hydrogens is 246 g/mol. The van der Waals surface area contributed by atoms with E-state index in [1.54, 1.807) is 0 Å². The van der Waals surface area contributed by atoms with E-state index >= 15 is 0 Å². The highest BCUT2D eigenvalue weighted by molar-refractivity contribution is 7.80. The predicted molar refractivity (Wildman–Crippen MR) is 77.7 cm³/mol. The SMILES string of the molecule is CC(S)C[C@@H](C)C(=O)N1C(C)C(C)C(C)[C@H]1CO. The van der Waals surface area contributed by atoms with Gasteiger partial charge in [0.25, 0.3) is 0 Å². The molecular formula is C14H27NO2S. The van der Waals surface area contributed by atoms with Gasteiger partial charge < -0.3 is 10.0 Å². The molecule has 0 aromatic rings. The van der Waals surface area contributed by atoms with E-state index in [1.807, 2.05) is 18.7 Å². The van der Waals surface area contributed by atoms with Gasteiger partial charge in [-0.05, 0) is 30.4 Å². The van der Waals surface area contributed by atoms with Gasteiger partial charge in [0.15, 0.2) is 0 Å². The fourth-order valence-electron chi connectivity index (χ4n) is 3.08. The third-order valence-corrected chi connectivity index (χ3v) is 4.76. The summed E-state index contributed by atoms with van der Waals surface area (Å²) in [5.41, 5.74) is 0. The van der Waals surface area contributed by atoms with Crippen LogP contribution < -0.4 is 0 Å². The van der Waals surface area contributed by atoms with Crippen LogP contribution in [-0.4, -0.2) is 39.9 Å². The average Bonchev–Trinajstić information content (AvgIpc) is 2.51. The molecule has 106 valence electrons. The molecule has 1 fully saturated rings. The summed E-state index contributed by atoms with van der Waals surface area (Å²) in [6.07, 6.45) is 0.784. The number of nitrogens with zero attached hydrogens (tertiary/aromatic N) is 1. The zero-order chi connectivity index (χ0) is 14.0. The van der Waals surface area contributed by atoms with Crippen molar-refractivity contribution >= 4 is 18.5 Å². The van der Waals surface area contributed by atoms with Crippen LogP contribution in [0.2, 0.25) is 0 Å². The first-order valence-corrected chi connectivity index (χ1v) is 7.44. The molecule has 0 aliphatic carbocycles. The minimum atomic E-state index is -0.0276. The first-order chi connectivity index (χ1) is 8.31. The van der Waals surface area contributed by atoms with Crippen LogP contribution in [-0.2, 0) is 4.79 Å². The Balaban J connectivity index is 2.83. The summed E-state index contributed by atoms with van der Waals surface area (Å²) >= 11 is 4.36. The normalized spacial score (nSPS) is 35.6. The molecule has 18 heavy (non-hydrogen) atoms. The van der Waals surface area contributed by atoms with E-state index < -0.39 is 0 Å². The molecule has 0 bridgehead atoms. The molecule has 1 heterocycles. The van der Waals surface area contributed by atoms with E-state index in [0.717, 1.165) is 6.42 Å².